The van der Waals surface area contributed by atoms with E-state index >= 15 is 0 Å². The van der Waals surface area contributed by atoms with Gasteiger partial charge in [-0.3, -0.25) is 4.99 Å². The van der Waals surface area contributed by atoms with Crippen LogP contribution in [0.25, 0.3) is 0 Å². The van der Waals surface area contributed by atoms with Crippen LogP contribution in [0.1, 0.15) is 24.3 Å². The molecule has 0 aliphatic heterocycles. The van der Waals surface area contributed by atoms with Crippen LogP contribution in [0, 0.1) is 0 Å². The zero-order valence-corrected chi connectivity index (χ0v) is 15.7. The van der Waals surface area contributed by atoms with Gasteiger partial charge in [-0.25, -0.2) is 0 Å². The van der Waals surface area contributed by atoms with Gasteiger partial charge in [-0.15, -0.1) is 35.3 Å². The molecule has 0 saturated heterocycles. The molecule has 1 heterocycles. The molecule has 0 aromatic carbocycles. The zero-order chi connectivity index (χ0) is 15.9. The molecule has 0 bridgehead atoms. The highest BCUT2D eigenvalue weighted by molar-refractivity contribution is 14.0. The molecule has 1 unspecified atom stereocenters. The lowest BCUT2D eigenvalue weighted by molar-refractivity contribution is -0.132. The first-order valence-electron chi connectivity index (χ1n) is 6.34. The lowest BCUT2D eigenvalue weighted by atomic mass is 10.3. The molecule has 4 nitrogen and oxygen atoms in total. The quantitative estimate of drug-likeness (QED) is 0.338. The van der Waals surface area contributed by atoms with Gasteiger partial charge in [0.2, 0.25) is 0 Å². The SMILES string of the molecule is CCNC(=NCC(O)c1ccc(Cl)s1)NCCC(F)(F)F.I. The average molecular weight is 472 g/mol. The average Bonchev–Trinajstić information content (AvgIpc) is 2.81. The second-order valence-corrected chi connectivity index (χ2v) is 5.92. The molecule has 0 fully saturated rings. The van der Waals surface area contributed by atoms with E-state index in [1.807, 2.05) is 0 Å². The third-order valence-corrected chi connectivity index (χ3v) is 3.72. The van der Waals surface area contributed by atoms with Crippen molar-refractivity contribution in [2.75, 3.05) is 19.6 Å². The minimum atomic E-state index is -4.21. The Hall–Kier alpha value is -0.260. The molecule has 0 aliphatic carbocycles. The Labute approximate surface area is 153 Å². The van der Waals surface area contributed by atoms with E-state index in [0.717, 1.165) is 0 Å². The zero-order valence-electron chi connectivity index (χ0n) is 11.8. The predicted molar refractivity (Wildman–Crippen MR) is 94.4 cm³/mol. The maximum atomic E-state index is 12.1. The first-order chi connectivity index (χ1) is 9.81. The number of halogens is 5. The number of hydrogen-bond acceptors (Lipinski definition) is 3. The number of aliphatic hydroxyl groups is 1. The summed E-state index contributed by atoms with van der Waals surface area (Å²) in [6, 6.07) is 3.36. The standard InChI is InChI=1S/C12H17ClF3N3OS.HI/c1-2-17-11(18-6-5-12(14,15)16)19-7-8(20)9-3-4-10(13)21-9;/h3-4,8,20H,2,5-7H2,1H3,(H2,17,18,19);1H. The summed E-state index contributed by atoms with van der Waals surface area (Å²) >= 11 is 7.01. The number of nitrogens with one attached hydrogen (secondary N) is 2. The van der Waals surface area contributed by atoms with Gasteiger partial charge in [-0.2, -0.15) is 13.2 Å². The van der Waals surface area contributed by atoms with Gasteiger partial charge in [0.25, 0.3) is 0 Å². The second kappa shape index (κ2) is 10.5. The molecule has 0 amide bonds. The van der Waals surface area contributed by atoms with Crippen LogP contribution in [-0.4, -0.2) is 36.9 Å². The highest BCUT2D eigenvalue weighted by Crippen LogP contribution is 2.26. The fourth-order valence-corrected chi connectivity index (χ4v) is 2.48. The molecule has 0 spiro atoms. The topological polar surface area (TPSA) is 56.7 Å². The number of nitrogens with zero attached hydrogens (tertiary/aromatic N) is 1. The van der Waals surface area contributed by atoms with E-state index in [1.54, 1.807) is 19.1 Å². The summed E-state index contributed by atoms with van der Waals surface area (Å²) in [5.74, 6) is 0.239. The van der Waals surface area contributed by atoms with Crippen molar-refractivity contribution in [2.24, 2.45) is 4.99 Å². The van der Waals surface area contributed by atoms with E-state index in [4.69, 9.17) is 11.6 Å². The van der Waals surface area contributed by atoms with Crippen molar-refractivity contribution >= 4 is 52.9 Å². The Bertz CT molecular complexity index is 471. The van der Waals surface area contributed by atoms with Gasteiger partial charge in [0, 0.05) is 18.0 Å². The number of rotatable bonds is 6. The Morgan fingerprint density at radius 2 is 2.09 bits per heavy atom. The molecule has 1 rings (SSSR count). The first-order valence-corrected chi connectivity index (χ1v) is 7.53. The predicted octanol–water partition coefficient (Wildman–Crippen LogP) is 3.56. The molecule has 3 N–H and O–H groups in total. The van der Waals surface area contributed by atoms with E-state index in [0.29, 0.717) is 15.8 Å². The fraction of sp³-hybridized carbons (Fsp3) is 0.583. The highest BCUT2D eigenvalue weighted by atomic mass is 127. The summed E-state index contributed by atoms with van der Waals surface area (Å²) in [6.07, 6.45) is -5.99. The van der Waals surface area contributed by atoms with Crippen molar-refractivity contribution in [3.63, 3.8) is 0 Å². The number of guanidine groups is 1. The molecule has 0 aliphatic rings. The number of aliphatic hydroxyl groups excluding tert-OH is 1. The van der Waals surface area contributed by atoms with E-state index in [1.165, 1.54) is 11.3 Å². The van der Waals surface area contributed by atoms with Crippen LogP contribution in [-0.2, 0) is 0 Å². The first kappa shape index (κ1) is 21.7. The second-order valence-electron chi connectivity index (χ2n) is 4.17. The maximum absolute atomic E-state index is 12.1. The van der Waals surface area contributed by atoms with Gasteiger partial charge in [0.05, 0.1) is 17.3 Å². The minimum Gasteiger partial charge on any atom is -0.386 e. The summed E-state index contributed by atoms with van der Waals surface area (Å²) in [4.78, 5) is 4.72. The fourth-order valence-electron chi connectivity index (χ4n) is 1.44. The molecular weight excluding hydrogens is 454 g/mol. The van der Waals surface area contributed by atoms with Crippen LogP contribution in [0.3, 0.4) is 0 Å². The molecule has 0 radical (unpaired) electrons. The van der Waals surface area contributed by atoms with Crippen LogP contribution in [0.4, 0.5) is 13.2 Å². The Balaban J connectivity index is 0.00000441. The van der Waals surface area contributed by atoms with Crippen LogP contribution >= 0.6 is 46.9 Å². The van der Waals surface area contributed by atoms with E-state index in [2.05, 4.69) is 15.6 Å². The van der Waals surface area contributed by atoms with Gasteiger partial charge in [-0.1, -0.05) is 11.6 Å². The van der Waals surface area contributed by atoms with Gasteiger partial charge in [0.1, 0.15) is 6.10 Å². The monoisotopic (exact) mass is 471 g/mol. The molecule has 1 atom stereocenters. The van der Waals surface area contributed by atoms with Gasteiger partial charge in [-0.05, 0) is 19.1 Å². The molecule has 128 valence electrons. The van der Waals surface area contributed by atoms with Crippen molar-refractivity contribution < 1.29 is 18.3 Å². The summed E-state index contributed by atoms with van der Waals surface area (Å²) in [5, 5.41) is 15.3. The third kappa shape index (κ3) is 9.01. The van der Waals surface area contributed by atoms with Crippen LogP contribution < -0.4 is 10.6 Å². The van der Waals surface area contributed by atoms with Crippen LogP contribution in [0.15, 0.2) is 17.1 Å². The summed E-state index contributed by atoms with van der Waals surface area (Å²) in [7, 11) is 0. The summed E-state index contributed by atoms with van der Waals surface area (Å²) < 4.78 is 36.8. The van der Waals surface area contributed by atoms with Crippen molar-refractivity contribution in [3.8, 4) is 0 Å². The lowest BCUT2D eigenvalue weighted by Gasteiger charge is -2.13. The molecular formula is C12H18ClF3IN3OS. The van der Waals surface area contributed by atoms with Crippen LogP contribution in [0.5, 0.6) is 0 Å². The van der Waals surface area contributed by atoms with Gasteiger partial charge in [0.15, 0.2) is 5.96 Å². The van der Waals surface area contributed by atoms with E-state index in [-0.39, 0.29) is 43.0 Å². The number of alkyl halides is 3. The highest BCUT2D eigenvalue weighted by Gasteiger charge is 2.26. The van der Waals surface area contributed by atoms with Crippen molar-refractivity contribution in [1.82, 2.24) is 10.6 Å². The smallest absolute Gasteiger partial charge is 0.386 e. The number of hydrogen-bond donors (Lipinski definition) is 3. The van der Waals surface area contributed by atoms with Crippen molar-refractivity contribution in [2.45, 2.75) is 25.6 Å². The third-order valence-electron chi connectivity index (χ3n) is 2.39. The van der Waals surface area contributed by atoms with Crippen LogP contribution in [0.2, 0.25) is 4.34 Å². The maximum Gasteiger partial charge on any atom is 0.390 e. The Morgan fingerprint density at radius 1 is 1.41 bits per heavy atom. The normalized spacial score (nSPS) is 13.5. The molecule has 10 heteroatoms. The van der Waals surface area contributed by atoms with Gasteiger partial charge >= 0.3 is 6.18 Å². The summed E-state index contributed by atoms with van der Waals surface area (Å²) in [6.45, 7) is 2.09. The van der Waals surface area contributed by atoms with Gasteiger partial charge < -0.3 is 15.7 Å². The van der Waals surface area contributed by atoms with Crippen molar-refractivity contribution in [1.29, 1.82) is 0 Å². The van der Waals surface area contributed by atoms with Crippen molar-refractivity contribution in [3.05, 3.63) is 21.3 Å². The molecule has 1 aromatic heterocycles. The Morgan fingerprint density at radius 3 is 2.59 bits per heavy atom. The lowest BCUT2D eigenvalue weighted by Crippen LogP contribution is -2.39. The minimum absolute atomic E-state index is 0. The number of aliphatic imine (C=N–C) groups is 1. The Kier molecular flexibility index (Phi) is 10.4. The largest absolute Gasteiger partial charge is 0.390 e. The molecule has 22 heavy (non-hydrogen) atoms. The van der Waals surface area contributed by atoms with E-state index in [9.17, 15) is 18.3 Å². The number of thiophene rings is 1. The van der Waals surface area contributed by atoms with E-state index < -0.39 is 18.7 Å². The summed E-state index contributed by atoms with van der Waals surface area (Å²) in [5.41, 5.74) is 0. The molecule has 0 saturated carbocycles. The molecule has 1 aromatic rings.